The zero-order valence-corrected chi connectivity index (χ0v) is 23.2. The lowest BCUT2D eigenvalue weighted by atomic mass is 9.93. The Morgan fingerprint density at radius 3 is 2.51 bits per heavy atom. The summed E-state index contributed by atoms with van der Waals surface area (Å²) in [5.41, 5.74) is 0. The molecule has 4 heterocycles. The molecule has 4 N–H and O–H groups in total. The highest BCUT2D eigenvalue weighted by atomic mass is 16.5. The van der Waals surface area contributed by atoms with Crippen LogP contribution in [0.5, 0.6) is 0 Å². The number of likely N-dealkylation sites (tertiary alicyclic amines) is 1. The van der Waals surface area contributed by atoms with Gasteiger partial charge in [-0.15, -0.1) is 0 Å². The Bertz CT molecular complexity index is 900. The minimum Gasteiger partial charge on any atom is -0.388 e. The van der Waals surface area contributed by atoms with Crippen LogP contribution in [0.2, 0.25) is 0 Å². The first kappa shape index (κ1) is 28.5. The van der Waals surface area contributed by atoms with Crippen molar-refractivity contribution < 1.29 is 34.1 Å². The quantitative estimate of drug-likeness (QED) is 0.357. The third-order valence-electron chi connectivity index (χ3n) is 8.86. The highest BCUT2D eigenvalue weighted by Gasteiger charge is 2.47. The van der Waals surface area contributed by atoms with Crippen molar-refractivity contribution in [2.24, 2.45) is 0 Å². The van der Waals surface area contributed by atoms with E-state index in [0.29, 0.717) is 38.7 Å². The molecule has 12 nitrogen and oxygen atoms in total. The number of nitrogens with zero attached hydrogens (tertiary/aromatic N) is 3. The summed E-state index contributed by atoms with van der Waals surface area (Å²) in [5, 5.41) is 27.4. The minimum atomic E-state index is -1.25. The molecule has 39 heavy (non-hydrogen) atoms. The first-order valence-electron chi connectivity index (χ1n) is 14.7. The Morgan fingerprint density at radius 1 is 1.03 bits per heavy atom. The van der Waals surface area contributed by atoms with Gasteiger partial charge in [0.05, 0.1) is 44.4 Å². The molecule has 5 fully saturated rings. The van der Waals surface area contributed by atoms with E-state index in [-0.39, 0.29) is 55.5 Å². The number of amides is 4. The van der Waals surface area contributed by atoms with Gasteiger partial charge >= 0.3 is 6.03 Å². The van der Waals surface area contributed by atoms with Gasteiger partial charge in [-0.25, -0.2) is 4.79 Å². The number of hydrogen-bond donors (Lipinski definition) is 4. The molecule has 1 saturated carbocycles. The molecule has 4 amide bonds. The second kappa shape index (κ2) is 12.3. The Labute approximate surface area is 230 Å². The van der Waals surface area contributed by atoms with Crippen molar-refractivity contribution in [3.8, 4) is 0 Å². The predicted octanol–water partition coefficient (Wildman–Crippen LogP) is -0.581. The standard InChI is InChI=1S/C27H45N5O7/c1-16(2)28-27(37)31-14-19-13-30(8-9-38-19)26(36)20-10-17(12-32(20)18-6-4-3-5-7-18)29-23(33)11-21-24(34)25(35)22(15-31)39-21/h16-22,24-25,34-35H,3-15H2,1-2H3,(H,28,37)(H,29,33)/t17-,19-,20-,21-,22+,24-,25+/m0/s1. The Hall–Kier alpha value is -1.99. The maximum Gasteiger partial charge on any atom is 0.317 e. The molecule has 0 unspecified atom stereocenters. The van der Waals surface area contributed by atoms with Gasteiger partial charge in [-0.05, 0) is 33.1 Å². The first-order chi connectivity index (χ1) is 18.7. The topological polar surface area (TPSA) is 144 Å². The van der Waals surface area contributed by atoms with Crippen LogP contribution in [0.3, 0.4) is 0 Å². The average Bonchev–Trinajstić information content (AvgIpc) is 3.44. The lowest BCUT2D eigenvalue weighted by molar-refractivity contribution is -0.145. The maximum absolute atomic E-state index is 13.9. The molecule has 1 aliphatic carbocycles. The van der Waals surface area contributed by atoms with Gasteiger partial charge in [0, 0.05) is 37.8 Å². The van der Waals surface area contributed by atoms with E-state index in [1.807, 2.05) is 18.7 Å². The third kappa shape index (κ3) is 6.51. The molecule has 7 atom stereocenters. The van der Waals surface area contributed by atoms with Gasteiger partial charge in [-0.2, -0.15) is 0 Å². The molecular formula is C27H45N5O7. The fraction of sp³-hybridized carbons (Fsp3) is 0.889. The molecule has 0 spiro atoms. The molecule has 0 aromatic heterocycles. The molecule has 4 aliphatic heterocycles. The summed E-state index contributed by atoms with van der Waals surface area (Å²) < 4.78 is 12.0. The van der Waals surface area contributed by atoms with Crippen molar-refractivity contribution in [2.75, 3.05) is 39.3 Å². The monoisotopic (exact) mass is 551 g/mol. The summed E-state index contributed by atoms with van der Waals surface area (Å²) >= 11 is 0. The van der Waals surface area contributed by atoms with E-state index < -0.39 is 30.5 Å². The fourth-order valence-corrected chi connectivity index (χ4v) is 6.92. The summed E-state index contributed by atoms with van der Waals surface area (Å²) in [5.74, 6) is -0.216. The largest absolute Gasteiger partial charge is 0.388 e. The lowest BCUT2D eigenvalue weighted by Gasteiger charge is -2.40. The molecule has 0 radical (unpaired) electrons. The number of rotatable bonds is 2. The van der Waals surface area contributed by atoms with E-state index >= 15 is 0 Å². The molecule has 5 aliphatic rings. The van der Waals surface area contributed by atoms with Gasteiger partial charge < -0.3 is 40.1 Å². The van der Waals surface area contributed by atoms with Crippen LogP contribution in [0.1, 0.15) is 58.8 Å². The molecule has 220 valence electrons. The Morgan fingerprint density at radius 2 is 1.77 bits per heavy atom. The molecule has 0 aromatic carbocycles. The minimum absolute atomic E-state index is 0.0173. The van der Waals surface area contributed by atoms with Crippen LogP contribution in [-0.2, 0) is 19.1 Å². The second-order valence-corrected chi connectivity index (χ2v) is 12.2. The van der Waals surface area contributed by atoms with Gasteiger partial charge in [0.2, 0.25) is 11.8 Å². The van der Waals surface area contributed by atoms with Crippen LogP contribution in [-0.4, -0.2) is 137 Å². The summed E-state index contributed by atoms with van der Waals surface area (Å²) in [6.07, 6.45) is 1.41. The first-order valence-corrected chi connectivity index (χ1v) is 14.7. The zero-order chi connectivity index (χ0) is 27.7. The number of fused-ring (bicyclic) bond motifs is 6. The number of hydrogen-bond acceptors (Lipinski definition) is 8. The molecule has 0 aromatic rings. The van der Waals surface area contributed by atoms with E-state index in [1.54, 1.807) is 0 Å². The number of nitrogens with one attached hydrogen (secondary N) is 2. The number of ether oxygens (including phenoxy) is 2. The summed E-state index contributed by atoms with van der Waals surface area (Å²) in [6, 6.07) is -0.621. The molecule has 12 heteroatoms. The summed E-state index contributed by atoms with van der Waals surface area (Å²) in [4.78, 5) is 45.8. The third-order valence-corrected chi connectivity index (χ3v) is 8.86. The number of carbonyl (C=O) groups excluding carboxylic acids is 3. The molecular weight excluding hydrogens is 506 g/mol. The van der Waals surface area contributed by atoms with Crippen molar-refractivity contribution in [1.82, 2.24) is 25.3 Å². The number of morpholine rings is 1. The van der Waals surface area contributed by atoms with E-state index in [2.05, 4.69) is 15.5 Å². The van der Waals surface area contributed by atoms with E-state index in [9.17, 15) is 24.6 Å². The van der Waals surface area contributed by atoms with Crippen molar-refractivity contribution >= 4 is 17.8 Å². The van der Waals surface area contributed by atoms with Crippen LogP contribution in [0, 0.1) is 0 Å². The van der Waals surface area contributed by atoms with Gasteiger partial charge in [0.15, 0.2) is 0 Å². The van der Waals surface area contributed by atoms with E-state index in [1.165, 1.54) is 11.3 Å². The zero-order valence-electron chi connectivity index (χ0n) is 23.2. The van der Waals surface area contributed by atoms with Crippen molar-refractivity contribution in [3.63, 3.8) is 0 Å². The van der Waals surface area contributed by atoms with Gasteiger partial charge in [0.1, 0.15) is 18.3 Å². The van der Waals surface area contributed by atoms with Gasteiger partial charge in [-0.1, -0.05) is 19.3 Å². The predicted molar refractivity (Wildman–Crippen MR) is 141 cm³/mol. The van der Waals surface area contributed by atoms with Crippen molar-refractivity contribution in [3.05, 3.63) is 0 Å². The van der Waals surface area contributed by atoms with Gasteiger partial charge in [0.25, 0.3) is 0 Å². The Kier molecular flexibility index (Phi) is 8.97. The Balaban J connectivity index is 1.41. The molecule has 5 rings (SSSR count). The average molecular weight is 552 g/mol. The second-order valence-electron chi connectivity index (χ2n) is 12.2. The van der Waals surface area contributed by atoms with Gasteiger partial charge in [-0.3, -0.25) is 14.5 Å². The molecule has 6 bridgehead atoms. The highest BCUT2D eigenvalue weighted by Crippen LogP contribution is 2.31. The van der Waals surface area contributed by atoms with Crippen LogP contribution in [0.4, 0.5) is 4.79 Å². The van der Waals surface area contributed by atoms with E-state index in [0.717, 1.165) is 25.7 Å². The van der Waals surface area contributed by atoms with Crippen LogP contribution >= 0.6 is 0 Å². The SMILES string of the molecule is CC(C)NC(=O)N1C[C@@H]2CN(CCO2)C(=O)[C@@H]2C[C@@H](CN2C2CCCCC2)NC(=O)C[C@@H]2O[C@H](C1)[C@@H](O)[C@H]2O. The van der Waals surface area contributed by atoms with Crippen molar-refractivity contribution in [2.45, 2.75) is 113 Å². The van der Waals surface area contributed by atoms with Crippen LogP contribution in [0.15, 0.2) is 0 Å². The fourth-order valence-electron chi connectivity index (χ4n) is 6.92. The maximum atomic E-state index is 13.9. The number of urea groups is 1. The lowest BCUT2D eigenvalue weighted by Crippen LogP contribution is -2.57. The van der Waals surface area contributed by atoms with Crippen molar-refractivity contribution in [1.29, 1.82) is 0 Å². The van der Waals surface area contributed by atoms with Crippen LogP contribution in [0.25, 0.3) is 0 Å². The van der Waals surface area contributed by atoms with E-state index in [4.69, 9.17) is 9.47 Å². The number of aliphatic hydroxyl groups is 2. The molecule has 4 saturated heterocycles. The summed E-state index contributed by atoms with van der Waals surface area (Å²) in [6.45, 7) is 5.77. The normalized spacial score (nSPS) is 37.3. The smallest absolute Gasteiger partial charge is 0.317 e. The highest BCUT2D eigenvalue weighted by molar-refractivity contribution is 5.83. The number of carbonyl (C=O) groups is 3. The summed E-state index contributed by atoms with van der Waals surface area (Å²) in [7, 11) is 0. The van der Waals surface area contributed by atoms with Crippen LogP contribution < -0.4 is 10.6 Å². The number of aliphatic hydroxyl groups excluding tert-OH is 2.